The van der Waals surface area contributed by atoms with E-state index in [9.17, 15) is 22.4 Å². The number of aromatic nitrogens is 5. The maximum Gasteiger partial charge on any atom is 0.329 e. The van der Waals surface area contributed by atoms with E-state index < -0.39 is 18.2 Å². The number of halogens is 5. The van der Waals surface area contributed by atoms with Gasteiger partial charge in [-0.2, -0.15) is 8.78 Å². The lowest BCUT2D eigenvalue weighted by Crippen LogP contribution is -2.43. The zero-order valence-corrected chi connectivity index (χ0v) is 21.2. The van der Waals surface area contributed by atoms with Crippen LogP contribution in [0.4, 0.5) is 17.6 Å². The Hall–Kier alpha value is -3.25. The number of pyridine rings is 1. The Morgan fingerprint density at radius 1 is 1.13 bits per heavy atom. The van der Waals surface area contributed by atoms with Crippen molar-refractivity contribution in [3.8, 4) is 11.5 Å². The molecule has 5 rings (SSSR count). The summed E-state index contributed by atoms with van der Waals surface area (Å²) in [5.41, 5.74) is 2.00. The number of imidazole rings is 1. The summed E-state index contributed by atoms with van der Waals surface area (Å²) >= 11 is 6.25. The van der Waals surface area contributed by atoms with E-state index in [0.29, 0.717) is 53.2 Å². The predicted molar refractivity (Wildman–Crippen MR) is 133 cm³/mol. The maximum absolute atomic E-state index is 13.9. The SMILES string of the molecule is CCC(F)(F)CN1CCC(n2c(=O)n(Cc3ccc(-c4nnc(C(F)F)o4)cn3)c3cc(Cl)ccc32)CC1. The Morgan fingerprint density at radius 3 is 2.53 bits per heavy atom. The molecule has 13 heteroatoms. The van der Waals surface area contributed by atoms with Gasteiger partial charge in [-0.25, -0.2) is 13.6 Å². The fourth-order valence-corrected chi connectivity index (χ4v) is 4.95. The minimum atomic E-state index is -2.87. The van der Waals surface area contributed by atoms with Gasteiger partial charge in [0.25, 0.3) is 11.8 Å². The van der Waals surface area contributed by atoms with Crippen LogP contribution in [-0.4, -0.2) is 54.8 Å². The average Bonchev–Trinajstić information content (AvgIpc) is 3.49. The van der Waals surface area contributed by atoms with Crippen LogP contribution in [0.3, 0.4) is 0 Å². The van der Waals surface area contributed by atoms with Crippen LogP contribution in [0.15, 0.2) is 45.7 Å². The number of alkyl halides is 4. The molecule has 0 aliphatic carbocycles. The highest BCUT2D eigenvalue weighted by Gasteiger charge is 2.32. The minimum Gasteiger partial charge on any atom is -0.415 e. The molecule has 1 fully saturated rings. The summed E-state index contributed by atoms with van der Waals surface area (Å²) in [6.07, 6.45) is -0.527. The first-order valence-electron chi connectivity index (χ1n) is 12.2. The summed E-state index contributed by atoms with van der Waals surface area (Å²) in [4.78, 5) is 19.7. The number of likely N-dealkylation sites (tertiary alicyclic amines) is 1. The largest absolute Gasteiger partial charge is 0.415 e. The number of piperidine rings is 1. The quantitative estimate of drug-likeness (QED) is 0.266. The molecule has 1 aliphatic rings. The summed E-state index contributed by atoms with van der Waals surface area (Å²) in [6.45, 7) is 2.27. The van der Waals surface area contributed by atoms with Gasteiger partial charge in [-0.15, -0.1) is 10.2 Å². The molecule has 0 bridgehead atoms. The molecule has 0 amide bonds. The van der Waals surface area contributed by atoms with Crippen molar-refractivity contribution in [3.05, 3.63) is 63.6 Å². The molecule has 4 aromatic rings. The lowest BCUT2D eigenvalue weighted by Gasteiger charge is -2.34. The Labute approximate surface area is 219 Å². The van der Waals surface area contributed by atoms with E-state index in [1.807, 2.05) is 0 Å². The van der Waals surface area contributed by atoms with Gasteiger partial charge in [-0.3, -0.25) is 19.0 Å². The van der Waals surface area contributed by atoms with Crippen molar-refractivity contribution in [1.29, 1.82) is 0 Å². The van der Waals surface area contributed by atoms with Crippen molar-refractivity contribution in [2.75, 3.05) is 19.6 Å². The molecular formula is C25H25ClF4N6O2. The lowest BCUT2D eigenvalue weighted by atomic mass is 10.0. The first-order chi connectivity index (χ1) is 18.1. The molecule has 1 aliphatic heterocycles. The molecule has 202 valence electrons. The lowest BCUT2D eigenvalue weighted by molar-refractivity contribution is -0.0412. The summed E-state index contributed by atoms with van der Waals surface area (Å²) in [7, 11) is 0. The topological polar surface area (TPSA) is 82.0 Å². The van der Waals surface area contributed by atoms with Crippen LogP contribution in [0.2, 0.25) is 5.02 Å². The second kappa shape index (κ2) is 10.5. The highest BCUT2D eigenvalue weighted by atomic mass is 35.5. The van der Waals surface area contributed by atoms with Gasteiger partial charge < -0.3 is 4.42 Å². The van der Waals surface area contributed by atoms with Crippen LogP contribution in [0, 0.1) is 0 Å². The van der Waals surface area contributed by atoms with Crippen molar-refractivity contribution >= 4 is 22.6 Å². The zero-order chi connectivity index (χ0) is 27.0. The average molecular weight is 553 g/mol. The van der Waals surface area contributed by atoms with Crippen LogP contribution in [0.25, 0.3) is 22.5 Å². The Balaban J connectivity index is 1.40. The minimum absolute atomic E-state index is 0.0806. The van der Waals surface area contributed by atoms with Crippen molar-refractivity contribution in [3.63, 3.8) is 0 Å². The van der Waals surface area contributed by atoms with Crippen molar-refractivity contribution in [1.82, 2.24) is 29.2 Å². The molecule has 0 radical (unpaired) electrons. The summed E-state index contributed by atoms with van der Waals surface area (Å²) in [6, 6.07) is 8.32. The number of hydrogen-bond acceptors (Lipinski definition) is 6. The molecule has 1 aromatic carbocycles. The van der Waals surface area contributed by atoms with Crippen molar-refractivity contribution in [2.45, 2.75) is 51.1 Å². The molecule has 0 atom stereocenters. The molecule has 0 unspecified atom stereocenters. The summed E-state index contributed by atoms with van der Waals surface area (Å²) in [5, 5.41) is 7.40. The van der Waals surface area contributed by atoms with E-state index in [-0.39, 0.29) is 37.1 Å². The second-order valence-electron chi connectivity index (χ2n) is 9.37. The zero-order valence-electron chi connectivity index (χ0n) is 20.5. The van der Waals surface area contributed by atoms with E-state index in [1.54, 1.807) is 44.4 Å². The molecule has 3 aromatic heterocycles. The number of fused-ring (bicyclic) bond motifs is 1. The number of benzene rings is 1. The van der Waals surface area contributed by atoms with Gasteiger partial charge in [0.05, 0.1) is 35.4 Å². The molecule has 0 N–H and O–H groups in total. The third kappa shape index (κ3) is 5.32. The van der Waals surface area contributed by atoms with Gasteiger partial charge in [0.2, 0.25) is 5.89 Å². The fraction of sp³-hybridized carbons (Fsp3) is 0.440. The number of hydrogen-bond donors (Lipinski definition) is 0. The standard InChI is InChI=1S/C25H25ClF4N6O2/c1-2-25(29,30)14-34-9-7-18(8-10-34)36-19-6-4-16(26)11-20(19)35(24(36)37)13-17-5-3-15(12-31-17)22-32-33-23(38-22)21(27)28/h3-6,11-12,18,21H,2,7-10,13-14H2,1H3. The molecular weight excluding hydrogens is 528 g/mol. The summed E-state index contributed by atoms with van der Waals surface area (Å²) in [5.74, 6) is -3.58. The monoisotopic (exact) mass is 552 g/mol. The van der Waals surface area contributed by atoms with E-state index in [0.717, 1.165) is 0 Å². The first kappa shape index (κ1) is 26.4. The van der Waals surface area contributed by atoms with E-state index in [1.165, 1.54) is 13.1 Å². The van der Waals surface area contributed by atoms with E-state index in [4.69, 9.17) is 16.0 Å². The van der Waals surface area contributed by atoms with Crippen molar-refractivity contribution in [2.24, 2.45) is 0 Å². The highest BCUT2D eigenvalue weighted by molar-refractivity contribution is 6.31. The predicted octanol–water partition coefficient (Wildman–Crippen LogP) is 5.57. The highest BCUT2D eigenvalue weighted by Crippen LogP contribution is 2.30. The van der Waals surface area contributed by atoms with Gasteiger partial charge >= 0.3 is 12.1 Å². The molecule has 8 nitrogen and oxygen atoms in total. The third-order valence-electron chi connectivity index (χ3n) is 6.84. The maximum atomic E-state index is 13.9. The molecule has 0 saturated carbocycles. The van der Waals surface area contributed by atoms with Gasteiger partial charge in [-0.1, -0.05) is 18.5 Å². The fourth-order valence-electron chi connectivity index (χ4n) is 4.78. The van der Waals surface area contributed by atoms with Gasteiger partial charge in [0, 0.05) is 36.8 Å². The van der Waals surface area contributed by atoms with Gasteiger partial charge in [-0.05, 0) is 43.2 Å². The van der Waals surface area contributed by atoms with Crippen LogP contribution in [0.1, 0.15) is 50.2 Å². The Bertz CT molecular complexity index is 1480. The van der Waals surface area contributed by atoms with Crippen LogP contribution in [0.5, 0.6) is 0 Å². The van der Waals surface area contributed by atoms with Crippen molar-refractivity contribution < 1.29 is 22.0 Å². The Kier molecular flexibility index (Phi) is 7.28. The third-order valence-corrected chi connectivity index (χ3v) is 7.07. The van der Waals surface area contributed by atoms with Gasteiger partial charge in [0.15, 0.2) is 0 Å². The van der Waals surface area contributed by atoms with Crippen LogP contribution in [-0.2, 0) is 6.54 Å². The van der Waals surface area contributed by atoms with E-state index in [2.05, 4.69) is 15.2 Å². The molecule has 0 spiro atoms. The smallest absolute Gasteiger partial charge is 0.329 e. The van der Waals surface area contributed by atoms with E-state index >= 15 is 0 Å². The molecule has 38 heavy (non-hydrogen) atoms. The van der Waals surface area contributed by atoms with Crippen LogP contribution < -0.4 is 5.69 Å². The molecule has 1 saturated heterocycles. The number of rotatable bonds is 8. The van der Waals surface area contributed by atoms with Gasteiger partial charge in [0.1, 0.15) is 0 Å². The molecule has 4 heterocycles. The number of nitrogens with zero attached hydrogens (tertiary/aromatic N) is 6. The van der Waals surface area contributed by atoms with Crippen LogP contribution >= 0.6 is 11.6 Å². The normalized spacial score (nSPS) is 15.7. The summed E-state index contributed by atoms with van der Waals surface area (Å²) < 4.78 is 61.5. The first-order valence-corrected chi connectivity index (χ1v) is 12.6. The second-order valence-corrected chi connectivity index (χ2v) is 9.81. The Morgan fingerprint density at radius 2 is 1.89 bits per heavy atom.